The van der Waals surface area contributed by atoms with Gasteiger partial charge in [0.05, 0.1) is 18.6 Å². The number of hydrogen-bond acceptors (Lipinski definition) is 5. The SMILES string of the molecule is C[C@@H]1C[C@@](O)(Cc2nc(C3CC3)no2)[C@@H](C)O1. The van der Waals surface area contributed by atoms with E-state index in [0.717, 1.165) is 18.7 Å². The van der Waals surface area contributed by atoms with Gasteiger partial charge in [-0.05, 0) is 26.7 Å². The van der Waals surface area contributed by atoms with Crippen molar-refractivity contribution in [1.82, 2.24) is 10.1 Å². The zero-order chi connectivity index (χ0) is 12.0. The van der Waals surface area contributed by atoms with Crippen LogP contribution >= 0.6 is 0 Å². The summed E-state index contributed by atoms with van der Waals surface area (Å²) in [5.41, 5.74) is -0.868. The van der Waals surface area contributed by atoms with E-state index < -0.39 is 5.60 Å². The lowest BCUT2D eigenvalue weighted by atomic mass is 9.91. The molecule has 1 aliphatic heterocycles. The highest BCUT2D eigenvalue weighted by Crippen LogP contribution is 2.39. The molecule has 1 N–H and O–H groups in total. The van der Waals surface area contributed by atoms with Crippen LogP contribution in [0.2, 0.25) is 0 Å². The maximum atomic E-state index is 10.5. The molecular formula is C12H18N2O3. The third-order valence-corrected chi connectivity index (χ3v) is 3.72. The average molecular weight is 238 g/mol. The van der Waals surface area contributed by atoms with Gasteiger partial charge in [0.15, 0.2) is 5.82 Å². The summed E-state index contributed by atoms with van der Waals surface area (Å²) in [5, 5.41) is 14.5. The van der Waals surface area contributed by atoms with Crippen LogP contribution in [0.4, 0.5) is 0 Å². The molecule has 5 nitrogen and oxygen atoms in total. The Morgan fingerprint density at radius 2 is 2.18 bits per heavy atom. The molecule has 5 heteroatoms. The minimum absolute atomic E-state index is 0.0841. The Hall–Kier alpha value is -0.940. The van der Waals surface area contributed by atoms with Crippen molar-refractivity contribution in [3.8, 4) is 0 Å². The Morgan fingerprint density at radius 1 is 1.41 bits per heavy atom. The second-order valence-electron chi connectivity index (χ2n) is 5.39. The number of aromatic nitrogens is 2. The fourth-order valence-electron chi connectivity index (χ4n) is 2.51. The van der Waals surface area contributed by atoms with E-state index in [2.05, 4.69) is 10.1 Å². The van der Waals surface area contributed by atoms with E-state index >= 15 is 0 Å². The maximum Gasteiger partial charge on any atom is 0.229 e. The highest BCUT2D eigenvalue weighted by Gasteiger charge is 2.44. The lowest BCUT2D eigenvalue weighted by Crippen LogP contribution is -2.38. The summed E-state index contributed by atoms with van der Waals surface area (Å²) in [6.07, 6.45) is 3.21. The quantitative estimate of drug-likeness (QED) is 0.862. The third-order valence-electron chi connectivity index (χ3n) is 3.72. The van der Waals surface area contributed by atoms with Gasteiger partial charge in [0, 0.05) is 12.3 Å². The second-order valence-corrected chi connectivity index (χ2v) is 5.39. The predicted molar refractivity (Wildman–Crippen MR) is 59.6 cm³/mol. The number of rotatable bonds is 3. The topological polar surface area (TPSA) is 68.4 Å². The molecule has 0 spiro atoms. The van der Waals surface area contributed by atoms with Crippen LogP contribution in [0, 0.1) is 0 Å². The molecule has 0 unspecified atom stereocenters. The van der Waals surface area contributed by atoms with Gasteiger partial charge in [-0.3, -0.25) is 0 Å². The molecular weight excluding hydrogens is 220 g/mol. The molecule has 1 aromatic heterocycles. The molecule has 0 bridgehead atoms. The van der Waals surface area contributed by atoms with Crippen molar-refractivity contribution in [3.63, 3.8) is 0 Å². The van der Waals surface area contributed by atoms with E-state index in [0.29, 0.717) is 24.7 Å². The molecule has 1 saturated carbocycles. The molecule has 0 aromatic carbocycles. The summed E-state index contributed by atoms with van der Waals surface area (Å²) in [7, 11) is 0. The number of ether oxygens (including phenoxy) is 1. The lowest BCUT2D eigenvalue weighted by molar-refractivity contribution is -0.0385. The molecule has 2 aliphatic rings. The monoisotopic (exact) mass is 238 g/mol. The highest BCUT2D eigenvalue weighted by atomic mass is 16.5. The average Bonchev–Trinajstić information content (AvgIpc) is 2.94. The molecule has 94 valence electrons. The zero-order valence-electron chi connectivity index (χ0n) is 10.2. The summed E-state index contributed by atoms with van der Waals surface area (Å²) in [5.74, 6) is 1.81. The van der Waals surface area contributed by atoms with Crippen LogP contribution in [-0.2, 0) is 11.2 Å². The summed E-state index contributed by atoms with van der Waals surface area (Å²) in [4.78, 5) is 4.35. The zero-order valence-corrected chi connectivity index (χ0v) is 10.2. The van der Waals surface area contributed by atoms with Gasteiger partial charge < -0.3 is 14.4 Å². The summed E-state index contributed by atoms with van der Waals surface area (Å²) >= 11 is 0. The van der Waals surface area contributed by atoms with Crippen molar-refractivity contribution >= 4 is 0 Å². The van der Waals surface area contributed by atoms with Gasteiger partial charge in [0.25, 0.3) is 0 Å². The van der Waals surface area contributed by atoms with E-state index in [1.807, 2.05) is 13.8 Å². The fourth-order valence-corrected chi connectivity index (χ4v) is 2.51. The van der Waals surface area contributed by atoms with Gasteiger partial charge in [-0.1, -0.05) is 5.16 Å². The van der Waals surface area contributed by atoms with E-state index in [1.165, 1.54) is 0 Å². The van der Waals surface area contributed by atoms with Crippen molar-refractivity contribution in [1.29, 1.82) is 0 Å². The molecule has 3 atom stereocenters. The summed E-state index contributed by atoms with van der Waals surface area (Å²) in [6.45, 7) is 3.86. The number of aliphatic hydroxyl groups is 1. The number of hydrogen-bond donors (Lipinski definition) is 1. The first-order valence-corrected chi connectivity index (χ1v) is 6.27. The van der Waals surface area contributed by atoms with Crippen LogP contribution in [0.3, 0.4) is 0 Å². The number of nitrogens with zero attached hydrogens (tertiary/aromatic N) is 2. The van der Waals surface area contributed by atoms with Gasteiger partial charge in [0.1, 0.15) is 5.60 Å². The van der Waals surface area contributed by atoms with Gasteiger partial charge >= 0.3 is 0 Å². The van der Waals surface area contributed by atoms with E-state index in [1.54, 1.807) is 0 Å². The van der Waals surface area contributed by atoms with Crippen molar-refractivity contribution in [2.75, 3.05) is 0 Å². The minimum Gasteiger partial charge on any atom is -0.387 e. The second kappa shape index (κ2) is 3.78. The molecule has 2 heterocycles. The predicted octanol–water partition coefficient (Wildman–Crippen LogP) is 1.42. The smallest absolute Gasteiger partial charge is 0.229 e. The van der Waals surface area contributed by atoms with Gasteiger partial charge in [0.2, 0.25) is 5.89 Å². The molecule has 1 aromatic rings. The van der Waals surface area contributed by atoms with E-state index in [4.69, 9.17) is 9.26 Å². The first-order chi connectivity index (χ1) is 8.07. The Kier molecular flexibility index (Phi) is 2.48. The van der Waals surface area contributed by atoms with Crippen molar-refractivity contribution in [2.45, 2.75) is 63.3 Å². The molecule has 17 heavy (non-hydrogen) atoms. The third kappa shape index (κ3) is 2.09. The summed E-state index contributed by atoms with van der Waals surface area (Å²) < 4.78 is 10.8. The first-order valence-electron chi connectivity index (χ1n) is 6.27. The molecule has 3 rings (SSSR count). The van der Waals surface area contributed by atoms with Crippen molar-refractivity contribution in [2.24, 2.45) is 0 Å². The molecule has 2 fully saturated rings. The van der Waals surface area contributed by atoms with E-state index in [9.17, 15) is 5.11 Å². The van der Waals surface area contributed by atoms with Crippen LogP contribution in [0.15, 0.2) is 4.52 Å². The minimum atomic E-state index is -0.868. The summed E-state index contributed by atoms with van der Waals surface area (Å²) in [6, 6.07) is 0. The Labute approximate surface area is 100 Å². The van der Waals surface area contributed by atoms with E-state index in [-0.39, 0.29) is 12.2 Å². The van der Waals surface area contributed by atoms with Crippen LogP contribution in [0.25, 0.3) is 0 Å². The fraction of sp³-hybridized carbons (Fsp3) is 0.833. The van der Waals surface area contributed by atoms with Crippen molar-refractivity contribution < 1.29 is 14.4 Å². The van der Waals surface area contributed by atoms with Crippen LogP contribution in [-0.4, -0.2) is 33.1 Å². The standard InChI is InChI=1S/C12H18N2O3/c1-7-5-12(15,8(2)16-7)6-10-13-11(14-17-10)9-3-4-9/h7-9,15H,3-6H2,1-2H3/t7-,8-,12-/m1/s1. The Bertz CT molecular complexity index is 416. The largest absolute Gasteiger partial charge is 0.387 e. The van der Waals surface area contributed by atoms with Crippen LogP contribution in [0.5, 0.6) is 0 Å². The normalized spacial score (nSPS) is 37.6. The van der Waals surface area contributed by atoms with Crippen LogP contribution < -0.4 is 0 Å². The highest BCUT2D eigenvalue weighted by molar-refractivity contribution is 5.06. The lowest BCUT2D eigenvalue weighted by Gasteiger charge is -2.23. The Morgan fingerprint density at radius 3 is 2.76 bits per heavy atom. The van der Waals surface area contributed by atoms with Crippen LogP contribution in [0.1, 0.15) is 50.7 Å². The molecule has 1 aliphatic carbocycles. The van der Waals surface area contributed by atoms with Gasteiger partial charge in [-0.15, -0.1) is 0 Å². The first kappa shape index (κ1) is 11.2. The van der Waals surface area contributed by atoms with Gasteiger partial charge in [-0.25, -0.2) is 0 Å². The maximum absolute atomic E-state index is 10.5. The van der Waals surface area contributed by atoms with Crippen molar-refractivity contribution in [3.05, 3.63) is 11.7 Å². The Balaban J connectivity index is 1.72. The molecule has 0 amide bonds. The molecule has 1 saturated heterocycles. The molecule has 0 radical (unpaired) electrons. The van der Waals surface area contributed by atoms with Gasteiger partial charge in [-0.2, -0.15) is 4.98 Å².